The van der Waals surface area contributed by atoms with Gasteiger partial charge in [0.15, 0.2) is 0 Å². The first kappa shape index (κ1) is 8.56. The van der Waals surface area contributed by atoms with Crippen molar-refractivity contribution in [2.24, 2.45) is 0 Å². The number of benzene rings is 1. The lowest BCUT2D eigenvalue weighted by atomic mass is 10.1. The predicted molar refractivity (Wildman–Crippen MR) is 52.9 cm³/mol. The molecule has 2 N–H and O–H groups in total. The number of carbonyl (C=O) groups is 1. The Hall–Kier alpha value is -1.03. The molecule has 0 fully saturated rings. The molecule has 1 aromatic rings. The summed E-state index contributed by atoms with van der Waals surface area (Å²) in [7, 11) is 0. The molecule has 1 heterocycles. The Morgan fingerprint density at radius 3 is 3.00 bits per heavy atom. The summed E-state index contributed by atoms with van der Waals surface area (Å²) in [4.78, 5) is 10.7. The minimum absolute atomic E-state index is 0.478. The van der Waals surface area contributed by atoms with Gasteiger partial charge < -0.3 is 10.4 Å². The fraction of sp³-hybridized carbons (Fsp3) is 0.222. The van der Waals surface area contributed by atoms with E-state index < -0.39 is 12.0 Å². The van der Waals surface area contributed by atoms with Gasteiger partial charge in [-0.3, -0.25) is 0 Å². The van der Waals surface area contributed by atoms with Gasteiger partial charge in [-0.25, -0.2) is 4.79 Å². The SMILES string of the molecule is O=C(O)C1Cc2cccc(Br)c2N1. The van der Waals surface area contributed by atoms with Gasteiger partial charge in [-0.1, -0.05) is 12.1 Å². The van der Waals surface area contributed by atoms with E-state index in [4.69, 9.17) is 5.11 Å². The van der Waals surface area contributed by atoms with E-state index in [1.165, 1.54) is 0 Å². The first-order valence-electron chi connectivity index (χ1n) is 3.95. The second-order valence-electron chi connectivity index (χ2n) is 3.01. The normalized spacial score (nSPS) is 19.3. The Morgan fingerprint density at radius 1 is 1.62 bits per heavy atom. The number of hydrogen-bond acceptors (Lipinski definition) is 2. The second-order valence-corrected chi connectivity index (χ2v) is 3.87. The van der Waals surface area contributed by atoms with Crippen LogP contribution in [0.15, 0.2) is 22.7 Å². The van der Waals surface area contributed by atoms with Crippen molar-refractivity contribution in [2.75, 3.05) is 5.32 Å². The largest absolute Gasteiger partial charge is 0.480 e. The van der Waals surface area contributed by atoms with Crippen LogP contribution in [0.25, 0.3) is 0 Å². The minimum Gasteiger partial charge on any atom is -0.480 e. The quantitative estimate of drug-likeness (QED) is 0.790. The van der Waals surface area contributed by atoms with Crippen molar-refractivity contribution >= 4 is 27.6 Å². The average molecular weight is 242 g/mol. The van der Waals surface area contributed by atoms with Crippen LogP contribution in [0.1, 0.15) is 5.56 Å². The highest BCUT2D eigenvalue weighted by Gasteiger charge is 2.27. The average Bonchev–Trinajstić information content (AvgIpc) is 2.49. The van der Waals surface area contributed by atoms with Crippen molar-refractivity contribution in [1.82, 2.24) is 0 Å². The van der Waals surface area contributed by atoms with Crippen LogP contribution in [-0.4, -0.2) is 17.1 Å². The molecule has 3 nitrogen and oxygen atoms in total. The number of rotatable bonds is 1. The molecule has 0 amide bonds. The third-order valence-corrected chi connectivity index (χ3v) is 2.80. The molecule has 1 unspecified atom stereocenters. The Balaban J connectivity index is 2.35. The number of carboxylic acid groups (broad SMARTS) is 1. The number of carboxylic acids is 1. The highest BCUT2D eigenvalue weighted by molar-refractivity contribution is 9.10. The Morgan fingerprint density at radius 2 is 2.38 bits per heavy atom. The van der Waals surface area contributed by atoms with Gasteiger partial charge in [0.25, 0.3) is 0 Å². The van der Waals surface area contributed by atoms with Crippen molar-refractivity contribution in [3.63, 3.8) is 0 Å². The Kier molecular flexibility index (Phi) is 2.00. The lowest BCUT2D eigenvalue weighted by Gasteiger charge is -2.04. The van der Waals surface area contributed by atoms with Gasteiger partial charge in [-0.05, 0) is 27.6 Å². The fourth-order valence-corrected chi connectivity index (χ4v) is 2.02. The van der Waals surface area contributed by atoms with Crippen molar-refractivity contribution in [3.8, 4) is 0 Å². The van der Waals surface area contributed by atoms with Gasteiger partial charge in [0, 0.05) is 10.9 Å². The van der Waals surface area contributed by atoms with Crippen LogP contribution in [0, 0.1) is 0 Å². The van der Waals surface area contributed by atoms with Crippen LogP contribution in [0.3, 0.4) is 0 Å². The predicted octanol–water partition coefficient (Wildman–Crippen LogP) is 1.87. The zero-order chi connectivity index (χ0) is 9.42. The zero-order valence-corrected chi connectivity index (χ0v) is 8.34. The van der Waals surface area contributed by atoms with E-state index in [1.54, 1.807) is 0 Å². The number of fused-ring (bicyclic) bond motifs is 1. The number of aliphatic carboxylic acids is 1. The maximum atomic E-state index is 10.7. The zero-order valence-electron chi connectivity index (χ0n) is 6.75. The van der Waals surface area contributed by atoms with Crippen molar-refractivity contribution in [3.05, 3.63) is 28.2 Å². The summed E-state index contributed by atoms with van der Waals surface area (Å²) in [5.41, 5.74) is 1.97. The summed E-state index contributed by atoms with van der Waals surface area (Å²) in [6, 6.07) is 5.27. The van der Waals surface area contributed by atoms with Gasteiger partial charge in [0.1, 0.15) is 6.04 Å². The molecule has 0 aliphatic carbocycles. The summed E-state index contributed by atoms with van der Waals surface area (Å²) in [6.07, 6.45) is 0.560. The second kappa shape index (κ2) is 3.03. The third kappa shape index (κ3) is 1.42. The van der Waals surface area contributed by atoms with Crippen molar-refractivity contribution in [1.29, 1.82) is 0 Å². The van der Waals surface area contributed by atoms with Crippen molar-refractivity contribution < 1.29 is 9.90 Å². The molecular formula is C9H8BrNO2. The molecular weight excluding hydrogens is 234 g/mol. The van der Waals surface area contributed by atoms with E-state index in [0.717, 1.165) is 15.7 Å². The van der Waals surface area contributed by atoms with Crippen LogP contribution in [0.2, 0.25) is 0 Å². The van der Waals surface area contributed by atoms with Crippen LogP contribution in [0.5, 0.6) is 0 Å². The van der Waals surface area contributed by atoms with E-state index >= 15 is 0 Å². The topological polar surface area (TPSA) is 49.3 Å². The number of halogens is 1. The van der Waals surface area contributed by atoms with Gasteiger partial charge in [-0.2, -0.15) is 0 Å². The molecule has 68 valence electrons. The van der Waals surface area contributed by atoms with E-state index in [0.29, 0.717) is 6.42 Å². The number of hydrogen-bond donors (Lipinski definition) is 2. The minimum atomic E-state index is -0.803. The molecule has 0 bridgehead atoms. The number of para-hydroxylation sites is 1. The molecule has 2 rings (SSSR count). The molecule has 4 heteroatoms. The summed E-state index contributed by atoms with van der Waals surface area (Å²) in [6.45, 7) is 0. The summed E-state index contributed by atoms with van der Waals surface area (Å²) >= 11 is 3.37. The molecule has 0 saturated heterocycles. The van der Waals surface area contributed by atoms with Crippen LogP contribution < -0.4 is 5.32 Å². The Labute approximate surface area is 83.9 Å². The molecule has 1 atom stereocenters. The summed E-state index contributed by atoms with van der Waals surface area (Å²) < 4.78 is 0.925. The van der Waals surface area contributed by atoms with E-state index in [2.05, 4.69) is 21.2 Å². The van der Waals surface area contributed by atoms with Crippen LogP contribution >= 0.6 is 15.9 Å². The van der Waals surface area contributed by atoms with Crippen LogP contribution in [-0.2, 0) is 11.2 Å². The van der Waals surface area contributed by atoms with E-state index in [-0.39, 0.29) is 0 Å². The monoisotopic (exact) mass is 241 g/mol. The summed E-state index contributed by atoms with van der Waals surface area (Å²) in [5.74, 6) is -0.803. The molecule has 0 radical (unpaired) electrons. The van der Waals surface area contributed by atoms with Crippen molar-refractivity contribution in [2.45, 2.75) is 12.5 Å². The Bertz CT molecular complexity index is 365. The van der Waals surface area contributed by atoms with Gasteiger partial charge in [-0.15, -0.1) is 0 Å². The molecule has 1 aliphatic heterocycles. The number of nitrogens with one attached hydrogen (secondary N) is 1. The van der Waals surface area contributed by atoms with E-state index in [1.807, 2.05) is 18.2 Å². The van der Waals surface area contributed by atoms with Gasteiger partial charge >= 0.3 is 5.97 Å². The highest BCUT2D eigenvalue weighted by atomic mass is 79.9. The van der Waals surface area contributed by atoms with Crippen LogP contribution in [0.4, 0.5) is 5.69 Å². The fourth-order valence-electron chi connectivity index (χ4n) is 1.49. The smallest absolute Gasteiger partial charge is 0.326 e. The highest BCUT2D eigenvalue weighted by Crippen LogP contribution is 2.32. The first-order valence-corrected chi connectivity index (χ1v) is 4.74. The molecule has 1 aliphatic rings. The lowest BCUT2D eigenvalue weighted by Crippen LogP contribution is -2.26. The molecule has 13 heavy (non-hydrogen) atoms. The summed E-state index contributed by atoms with van der Waals surface area (Å²) in [5, 5.41) is 11.8. The van der Waals surface area contributed by atoms with Gasteiger partial charge in [0.05, 0.1) is 5.69 Å². The molecule has 1 aromatic carbocycles. The maximum absolute atomic E-state index is 10.7. The third-order valence-electron chi connectivity index (χ3n) is 2.14. The molecule has 0 aromatic heterocycles. The molecule has 0 spiro atoms. The standard InChI is InChI=1S/C9H8BrNO2/c10-6-3-1-2-5-4-7(9(12)13)11-8(5)6/h1-3,7,11H,4H2,(H,12,13). The molecule has 0 saturated carbocycles. The first-order chi connectivity index (χ1) is 6.18. The lowest BCUT2D eigenvalue weighted by molar-refractivity contribution is -0.137. The van der Waals surface area contributed by atoms with E-state index in [9.17, 15) is 4.79 Å². The maximum Gasteiger partial charge on any atom is 0.326 e. The number of anilines is 1. The van der Waals surface area contributed by atoms with Gasteiger partial charge in [0.2, 0.25) is 0 Å².